The van der Waals surface area contributed by atoms with Gasteiger partial charge < -0.3 is 10.4 Å². The fourth-order valence-corrected chi connectivity index (χ4v) is 6.42. The molecular formula is C31H30BrClFNO2. The van der Waals surface area contributed by atoms with Crippen LogP contribution in [0.5, 0.6) is 0 Å². The van der Waals surface area contributed by atoms with Crippen LogP contribution >= 0.6 is 27.5 Å². The van der Waals surface area contributed by atoms with E-state index < -0.39 is 11.5 Å². The van der Waals surface area contributed by atoms with Gasteiger partial charge in [0.2, 0.25) is 0 Å². The largest absolute Gasteiger partial charge is 0.388 e. The Labute approximate surface area is 230 Å². The lowest BCUT2D eigenvalue weighted by molar-refractivity contribution is -0.117. The third kappa shape index (κ3) is 5.75. The van der Waals surface area contributed by atoms with Crippen molar-refractivity contribution in [2.45, 2.75) is 43.6 Å². The van der Waals surface area contributed by atoms with E-state index in [9.17, 15) is 14.3 Å². The van der Waals surface area contributed by atoms with Crippen molar-refractivity contribution in [3.8, 4) is 0 Å². The summed E-state index contributed by atoms with van der Waals surface area (Å²) in [6.45, 7) is 1.20. The first kappa shape index (κ1) is 26.3. The zero-order valence-corrected chi connectivity index (χ0v) is 22.9. The molecule has 6 heteroatoms. The van der Waals surface area contributed by atoms with Crippen molar-refractivity contribution in [2.75, 3.05) is 13.1 Å². The highest BCUT2D eigenvalue weighted by Gasteiger charge is 2.48. The SMILES string of the molecule is O=C1CCCc2ccc(Br)cc2C=C1C(c1ccc(Cl)cc1)C1(O)CCNCC1Cc1cccc(F)c1. The van der Waals surface area contributed by atoms with Gasteiger partial charge in [0.25, 0.3) is 0 Å². The van der Waals surface area contributed by atoms with Crippen molar-refractivity contribution in [3.05, 3.63) is 110 Å². The van der Waals surface area contributed by atoms with Gasteiger partial charge >= 0.3 is 0 Å². The lowest BCUT2D eigenvalue weighted by Crippen LogP contribution is -2.55. The minimum Gasteiger partial charge on any atom is -0.388 e. The normalized spacial score (nSPS) is 23.0. The molecule has 1 heterocycles. The number of carbonyl (C=O) groups is 1. The molecule has 3 unspecified atom stereocenters. The molecule has 192 valence electrons. The van der Waals surface area contributed by atoms with Gasteiger partial charge in [0.1, 0.15) is 5.82 Å². The molecule has 2 N–H and O–H groups in total. The smallest absolute Gasteiger partial charge is 0.159 e. The number of aliphatic hydroxyl groups is 1. The number of nitrogens with one attached hydrogen (secondary N) is 1. The summed E-state index contributed by atoms with van der Waals surface area (Å²) in [4.78, 5) is 13.8. The quantitative estimate of drug-likeness (QED) is 0.344. The second-order valence-corrected chi connectivity index (χ2v) is 11.5. The van der Waals surface area contributed by atoms with Crippen LogP contribution in [0.2, 0.25) is 5.02 Å². The number of benzene rings is 3. The van der Waals surface area contributed by atoms with E-state index in [1.165, 1.54) is 17.7 Å². The maximum absolute atomic E-state index is 14.0. The molecule has 0 saturated carbocycles. The Kier molecular flexibility index (Phi) is 7.96. The third-order valence-electron chi connectivity index (χ3n) is 7.78. The van der Waals surface area contributed by atoms with Crippen molar-refractivity contribution in [3.63, 3.8) is 0 Å². The molecule has 3 aromatic rings. The molecule has 1 aliphatic carbocycles. The molecule has 3 atom stereocenters. The minimum absolute atomic E-state index is 0.0574. The van der Waals surface area contributed by atoms with E-state index >= 15 is 0 Å². The van der Waals surface area contributed by atoms with Gasteiger partial charge in [0.05, 0.1) is 5.60 Å². The number of piperidine rings is 1. The standard InChI is InChI=1S/C31H30BrClFNO2/c32-25-10-7-21-4-2-6-29(36)28(18-23(21)17-25)30(22-8-11-26(33)12-9-22)31(37)13-14-35-19-24(31)15-20-3-1-5-27(34)16-20/h1,3,5,7-12,16-18,24,30,35,37H,2,4,6,13-15,19H2. The van der Waals surface area contributed by atoms with Crippen LogP contribution in [0, 0.1) is 11.7 Å². The van der Waals surface area contributed by atoms with Gasteiger partial charge in [-0.15, -0.1) is 0 Å². The Balaban J connectivity index is 1.66. The molecule has 0 aromatic heterocycles. The summed E-state index contributed by atoms with van der Waals surface area (Å²) in [5.41, 5.74) is 3.27. The first-order chi connectivity index (χ1) is 17.8. The van der Waals surface area contributed by atoms with E-state index in [-0.39, 0.29) is 17.5 Å². The summed E-state index contributed by atoms with van der Waals surface area (Å²) in [6, 6.07) is 20.2. The molecule has 1 fully saturated rings. The lowest BCUT2D eigenvalue weighted by Gasteiger charge is -2.47. The zero-order valence-electron chi connectivity index (χ0n) is 20.5. The number of halogens is 3. The Morgan fingerprint density at radius 3 is 2.70 bits per heavy atom. The average Bonchev–Trinajstić information content (AvgIpc) is 2.86. The molecule has 37 heavy (non-hydrogen) atoms. The van der Waals surface area contributed by atoms with Crippen molar-refractivity contribution < 1.29 is 14.3 Å². The van der Waals surface area contributed by atoms with Crippen LogP contribution in [0.4, 0.5) is 4.39 Å². The Hall–Kier alpha value is -2.31. The van der Waals surface area contributed by atoms with Crippen molar-refractivity contribution in [1.29, 1.82) is 0 Å². The fraction of sp³-hybridized carbons (Fsp3) is 0.323. The number of hydrogen-bond donors (Lipinski definition) is 2. The monoisotopic (exact) mass is 581 g/mol. The summed E-state index contributed by atoms with van der Waals surface area (Å²) < 4.78 is 15.0. The van der Waals surface area contributed by atoms with Crippen LogP contribution in [0.1, 0.15) is 47.4 Å². The van der Waals surface area contributed by atoms with Crippen molar-refractivity contribution in [1.82, 2.24) is 5.32 Å². The lowest BCUT2D eigenvalue weighted by atomic mass is 9.64. The van der Waals surface area contributed by atoms with E-state index in [1.54, 1.807) is 6.07 Å². The maximum Gasteiger partial charge on any atom is 0.159 e. The average molecular weight is 583 g/mol. The predicted octanol–water partition coefficient (Wildman–Crippen LogP) is 6.90. The van der Waals surface area contributed by atoms with E-state index in [0.717, 1.165) is 34.0 Å². The Morgan fingerprint density at radius 2 is 1.92 bits per heavy atom. The van der Waals surface area contributed by atoms with Crippen LogP contribution in [-0.4, -0.2) is 29.6 Å². The minimum atomic E-state index is -1.22. The molecule has 0 bridgehead atoms. The molecule has 0 radical (unpaired) electrons. The fourth-order valence-electron chi connectivity index (χ4n) is 5.92. The number of fused-ring (bicyclic) bond motifs is 1. The van der Waals surface area contributed by atoms with E-state index in [2.05, 4.69) is 27.3 Å². The highest BCUT2D eigenvalue weighted by Crippen LogP contribution is 2.46. The molecule has 0 spiro atoms. The predicted molar refractivity (Wildman–Crippen MR) is 150 cm³/mol. The highest BCUT2D eigenvalue weighted by atomic mass is 79.9. The molecule has 1 saturated heterocycles. The molecule has 3 aromatic carbocycles. The van der Waals surface area contributed by atoms with Gasteiger partial charge in [-0.05, 0) is 97.0 Å². The second kappa shape index (κ2) is 11.2. The topological polar surface area (TPSA) is 49.3 Å². The zero-order chi connectivity index (χ0) is 26.0. The van der Waals surface area contributed by atoms with Gasteiger partial charge in [-0.3, -0.25) is 4.79 Å². The molecular weight excluding hydrogens is 553 g/mol. The van der Waals surface area contributed by atoms with Gasteiger partial charge in [-0.2, -0.15) is 0 Å². The summed E-state index contributed by atoms with van der Waals surface area (Å²) in [7, 11) is 0. The van der Waals surface area contributed by atoms with Crippen LogP contribution in [0.25, 0.3) is 6.08 Å². The van der Waals surface area contributed by atoms with E-state index in [4.69, 9.17) is 11.6 Å². The molecule has 1 aliphatic heterocycles. The van der Waals surface area contributed by atoms with E-state index in [1.807, 2.05) is 48.5 Å². The number of carbonyl (C=O) groups excluding carboxylic acids is 1. The molecule has 5 rings (SSSR count). The second-order valence-electron chi connectivity index (χ2n) is 10.2. The first-order valence-electron chi connectivity index (χ1n) is 12.8. The summed E-state index contributed by atoms with van der Waals surface area (Å²) in [5.74, 6) is -1.02. The number of hydrogen-bond acceptors (Lipinski definition) is 3. The van der Waals surface area contributed by atoms with Crippen LogP contribution in [-0.2, 0) is 17.6 Å². The third-order valence-corrected chi connectivity index (χ3v) is 8.52. The highest BCUT2D eigenvalue weighted by molar-refractivity contribution is 9.10. The Bertz CT molecular complexity index is 1330. The maximum atomic E-state index is 14.0. The summed E-state index contributed by atoms with van der Waals surface area (Å²) in [5, 5.41) is 16.6. The number of ketones is 1. The molecule has 2 aliphatic rings. The van der Waals surface area contributed by atoms with Gasteiger partial charge in [-0.25, -0.2) is 4.39 Å². The first-order valence-corrected chi connectivity index (χ1v) is 14.0. The summed E-state index contributed by atoms with van der Waals surface area (Å²) >= 11 is 9.82. The summed E-state index contributed by atoms with van der Waals surface area (Å²) in [6.07, 6.45) is 4.96. The number of rotatable bonds is 5. The Morgan fingerprint density at radius 1 is 1.11 bits per heavy atom. The van der Waals surface area contributed by atoms with Gasteiger partial charge in [0, 0.05) is 39.9 Å². The van der Waals surface area contributed by atoms with Crippen molar-refractivity contribution in [2.24, 2.45) is 5.92 Å². The number of Topliss-reactive ketones (excluding diaryl/α,β-unsaturated/α-hetero) is 1. The van der Waals surface area contributed by atoms with Crippen molar-refractivity contribution >= 4 is 39.4 Å². The van der Waals surface area contributed by atoms with Gasteiger partial charge in [0.15, 0.2) is 5.78 Å². The van der Waals surface area contributed by atoms with E-state index in [0.29, 0.717) is 42.9 Å². The molecule has 3 nitrogen and oxygen atoms in total. The van der Waals surface area contributed by atoms with Crippen LogP contribution < -0.4 is 5.32 Å². The van der Waals surface area contributed by atoms with Gasteiger partial charge in [-0.1, -0.05) is 57.9 Å². The number of aryl methyl sites for hydroxylation is 1. The van der Waals surface area contributed by atoms with Crippen LogP contribution in [0.3, 0.4) is 0 Å². The van der Waals surface area contributed by atoms with Crippen LogP contribution in [0.15, 0.2) is 76.8 Å². The molecule has 0 amide bonds.